The molecule has 0 aliphatic heterocycles. The number of pyridine rings is 1. The molecule has 0 amide bonds. The van der Waals surface area contributed by atoms with E-state index < -0.39 is 0 Å². The summed E-state index contributed by atoms with van der Waals surface area (Å²) in [7, 11) is 1.70. The molecular weight excluding hydrogens is 286 g/mol. The molecule has 0 bridgehead atoms. The number of nitrogens with one attached hydrogen (secondary N) is 1. The van der Waals surface area contributed by atoms with Crippen molar-refractivity contribution in [1.29, 1.82) is 0 Å². The van der Waals surface area contributed by atoms with Crippen molar-refractivity contribution < 1.29 is 9.15 Å². The lowest BCUT2D eigenvalue weighted by Crippen LogP contribution is -2.18. The molecule has 6 heteroatoms. The van der Waals surface area contributed by atoms with E-state index in [2.05, 4.69) is 28.3 Å². The lowest BCUT2D eigenvalue weighted by atomic mass is 10.2. The molecule has 5 nitrogen and oxygen atoms in total. The van der Waals surface area contributed by atoms with E-state index in [1.54, 1.807) is 7.11 Å². The van der Waals surface area contributed by atoms with Crippen molar-refractivity contribution in [2.75, 3.05) is 20.3 Å². The predicted molar refractivity (Wildman–Crippen MR) is 82.7 cm³/mol. The van der Waals surface area contributed by atoms with E-state index in [-0.39, 0.29) is 0 Å². The van der Waals surface area contributed by atoms with Gasteiger partial charge in [0.05, 0.1) is 12.3 Å². The van der Waals surface area contributed by atoms with E-state index >= 15 is 0 Å². The first-order chi connectivity index (χ1) is 10.1. The van der Waals surface area contributed by atoms with Gasteiger partial charge >= 0.3 is 0 Å². The van der Waals surface area contributed by atoms with Crippen LogP contribution in [-0.4, -0.2) is 30.2 Å². The van der Waals surface area contributed by atoms with Crippen molar-refractivity contribution in [3.8, 4) is 0 Å². The summed E-state index contributed by atoms with van der Waals surface area (Å²) in [6.07, 6.45) is 1.89. The summed E-state index contributed by atoms with van der Waals surface area (Å²) in [4.78, 5) is 8.87. The summed E-state index contributed by atoms with van der Waals surface area (Å²) in [6.45, 7) is 8.25. The molecule has 0 saturated heterocycles. The molecule has 1 N–H and O–H groups in total. The zero-order valence-corrected chi connectivity index (χ0v) is 13.7. The van der Waals surface area contributed by atoms with E-state index in [4.69, 9.17) is 9.15 Å². The van der Waals surface area contributed by atoms with Crippen molar-refractivity contribution >= 4 is 11.8 Å². The number of aromatic nitrogens is 2. The van der Waals surface area contributed by atoms with Crippen LogP contribution in [0.3, 0.4) is 0 Å². The van der Waals surface area contributed by atoms with E-state index in [0.717, 1.165) is 40.7 Å². The Labute approximate surface area is 129 Å². The molecule has 2 heterocycles. The molecule has 0 saturated carbocycles. The van der Waals surface area contributed by atoms with Gasteiger partial charge in [-0.2, -0.15) is 0 Å². The smallest absolute Gasteiger partial charge is 0.262 e. The minimum absolute atomic E-state index is 0.645. The van der Waals surface area contributed by atoms with Gasteiger partial charge in [-0.25, -0.2) is 9.97 Å². The van der Waals surface area contributed by atoms with Gasteiger partial charge in [0.25, 0.3) is 5.22 Å². The Bertz CT molecular complexity index is 579. The Kier molecular flexibility index (Phi) is 5.78. The van der Waals surface area contributed by atoms with Crippen molar-refractivity contribution in [2.45, 2.75) is 37.6 Å². The number of hydrogen-bond acceptors (Lipinski definition) is 6. The Morgan fingerprint density at radius 2 is 2.14 bits per heavy atom. The van der Waals surface area contributed by atoms with Gasteiger partial charge in [0.1, 0.15) is 10.8 Å². The van der Waals surface area contributed by atoms with Crippen LogP contribution in [0.4, 0.5) is 0 Å². The number of hydrogen-bond donors (Lipinski definition) is 1. The van der Waals surface area contributed by atoms with Crippen LogP contribution >= 0.6 is 11.8 Å². The van der Waals surface area contributed by atoms with Gasteiger partial charge in [-0.05, 0) is 43.7 Å². The standard InChI is InChI=1S/C15H21N3O2S/c1-10-7-13(8-16-5-6-19-4)9-17-14(10)21-15-18-11(2)12(3)20-15/h7,9,16H,5-6,8H2,1-4H3. The van der Waals surface area contributed by atoms with Gasteiger partial charge in [0, 0.05) is 26.4 Å². The number of aryl methyl sites for hydroxylation is 3. The number of nitrogens with zero attached hydrogens (tertiary/aromatic N) is 2. The quantitative estimate of drug-likeness (QED) is 0.794. The summed E-state index contributed by atoms with van der Waals surface area (Å²) in [6, 6.07) is 2.14. The second-order valence-corrected chi connectivity index (χ2v) is 5.80. The van der Waals surface area contributed by atoms with E-state index in [9.17, 15) is 0 Å². The summed E-state index contributed by atoms with van der Waals surface area (Å²) < 4.78 is 10.6. The van der Waals surface area contributed by atoms with Crippen molar-refractivity contribution in [2.24, 2.45) is 0 Å². The van der Waals surface area contributed by atoms with Crippen molar-refractivity contribution in [3.05, 3.63) is 34.8 Å². The monoisotopic (exact) mass is 307 g/mol. The highest BCUT2D eigenvalue weighted by Crippen LogP contribution is 2.29. The molecular formula is C15H21N3O2S. The molecule has 0 unspecified atom stereocenters. The van der Waals surface area contributed by atoms with Gasteiger partial charge in [-0.1, -0.05) is 6.07 Å². The van der Waals surface area contributed by atoms with Crippen LogP contribution in [0.25, 0.3) is 0 Å². The Balaban J connectivity index is 1.98. The summed E-state index contributed by atoms with van der Waals surface area (Å²) in [5.41, 5.74) is 3.21. The zero-order valence-electron chi connectivity index (χ0n) is 12.9. The molecule has 0 atom stereocenters. The topological polar surface area (TPSA) is 60.2 Å². The maximum absolute atomic E-state index is 5.58. The number of ether oxygens (including phenoxy) is 1. The normalized spacial score (nSPS) is 11.0. The minimum Gasteiger partial charge on any atom is -0.436 e. The fraction of sp³-hybridized carbons (Fsp3) is 0.467. The van der Waals surface area contributed by atoms with Crippen LogP contribution in [0.15, 0.2) is 26.9 Å². The first kappa shape index (κ1) is 16.0. The molecule has 2 aromatic rings. The second-order valence-electron chi connectivity index (χ2n) is 4.86. The van der Waals surface area contributed by atoms with Crippen LogP contribution in [0.5, 0.6) is 0 Å². The number of methoxy groups -OCH3 is 1. The van der Waals surface area contributed by atoms with Crippen LogP contribution < -0.4 is 5.32 Å². The predicted octanol–water partition coefficient (Wildman–Crippen LogP) is 2.88. The van der Waals surface area contributed by atoms with Gasteiger partial charge in [0.2, 0.25) is 0 Å². The van der Waals surface area contributed by atoms with Crippen LogP contribution in [0.1, 0.15) is 22.6 Å². The number of rotatable bonds is 7. The van der Waals surface area contributed by atoms with Gasteiger partial charge in [-0.15, -0.1) is 0 Å². The molecule has 0 radical (unpaired) electrons. The highest BCUT2D eigenvalue weighted by Gasteiger charge is 2.10. The fourth-order valence-corrected chi connectivity index (χ4v) is 2.64. The SMILES string of the molecule is COCCNCc1cnc(Sc2nc(C)c(C)o2)c(C)c1. The first-order valence-corrected chi connectivity index (χ1v) is 7.69. The summed E-state index contributed by atoms with van der Waals surface area (Å²) in [5, 5.41) is 4.88. The largest absolute Gasteiger partial charge is 0.436 e. The molecule has 0 aliphatic rings. The highest BCUT2D eigenvalue weighted by atomic mass is 32.2. The maximum atomic E-state index is 5.58. The third-order valence-corrected chi connectivity index (χ3v) is 4.06. The first-order valence-electron chi connectivity index (χ1n) is 6.87. The van der Waals surface area contributed by atoms with E-state index in [1.165, 1.54) is 11.8 Å². The van der Waals surface area contributed by atoms with Gasteiger partial charge in [-0.3, -0.25) is 0 Å². The van der Waals surface area contributed by atoms with Crippen molar-refractivity contribution in [1.82, 2.24) is 15.3 Å². The third kappa shape index (κ3) is 4.56. The lowest BCUT2D eigenvalue weighted by Gasteiger charge is -2.07. The zero-order chi connectivity index (χ0) is 15.2. The molecule has 114 valence electrons. The molecule has 0 fully saturated rings. The van der Waals surface area contributed by atoms with E-state index in [1.807, 2.05) is 20.0 Å². The van der Waals surface area contributed by atoms with Gasteiger partial charge in [0.15, 0.2) is 0 Å². The average Bonchev–Trinajstić information content (AvgIpc) is 2.76. The summed E-state index contributed by atoms with van der Waals surface area (Å²) in [5.74, 6) is 0.856. The Morgan fingerprint density at radius 1 is 1.33 bits per heavy atom. The molecule has 0 aliphatic carbocycles. The van der Waals surface area contributed by atoms with Gasteiger partial charge < -0.3 is 14.5 Å². The minimum atomic E-state index is 0.645. The lowest BCUT2D eigenvalue weighted by molar-refractivity contribution is 0.199. The van der Waals surface area contributed by atoms with Crippen LogP contribution in [0.2, 0.25) is 0 Å². The molecule has 2 aromatic heterocycles. The molecule has 0 spiro atoms. The molecule has 2 rings (SSSR count). The second kappa shape index (κ2) is 7.59. The van der Waals surface area contributed by atoms with Crippen LogP contribution in [-0.2, 0) is 11.3 Å². The fourth-order valence-electron chi connectivity index (χ4n) is 1.80. The Hall–Kier alpha value is -1.37. The highest BCUT2D eigenvalue weighted by molar-refractivity contribution is 7.99. The maximum Gasteiger partial charge on any atom is 0.262 e. The van der Waals surface area contributed by atoms with E-state index in [0.29, 0.717) is 11.8 Å². The van der Waals surface area contributed by atoms with Crippen molar-refractivity contribution in [3.63, 3.8) is 0 Å². The third-order valence-electron chi connectivity index (χ3n) is 3.09. The summed E-state index contributed by atoms with van der Waals surface area (Å²) >= 11 is 1.46. The molecule has 0 aromatic carbocycles. The Morgan fingerprint density at radius 3 is 2.76 bits per heavy atom. The van der Waals surface area contributed by atoms with Crippen LogP contribution in [0, 0.1) is 20.8 Å². The average molecular weight is 307 g/mol. The number of oxazole rings is 1. The molecule has 21 heavy (non-hydrogen) atoms.